The van der Waals surface area contributed by atoms with E-state index >= 15 is 0 Å². The molecule has 1 aromatic carbocycles. The number of carbonyl (C=O) groups excluding carboxylic acids is 1. The highest BCUT2D eigenvalue weighted by molar-refractivity contribution is 9.10. The molecular formula is C12H16BrN5O3. The van der Waals surface area contributed by atoms with Crippen LogP contribution in [0.25, 0.3) is 0 Å². The van der Waals surface area contributed by atoms with Gasteiger partial charge in [0.15, 0.2) is 0 Å². The van der Waals surface area contributed by atoms with Gasteiger partial charge in [-0.05, 0) is 32.9 Å². The van der Waals surface area contributed by atoms with Crippen LogP contribution in [0.2, 0.25) is 0 Å². The van der Waals surface area contributed by atoms with Crippen LogP contribution >= 0.6 is 15.9 Å². The van der Waals surface area contributed by atoms with Crippen LogP contribution in [0.3, 0.4) is 0 Å². The fourth-order valence-electron chi connectivity index (χ4n) is 1.41. The monoisotopic (exact) mass is 357 g/mol. The molecule has 0 spiro atoms. The minimum absolute atomic E-state index is 0.115. The lowest BCUT2D eigenvalue weighted by molar-refractivity contribution is -0.384. The molecule has 21 heavy (non-hydrogen) atoms. The van der Waals surface area contributed by atoms with Crippen molar-refractivity contribution in [1.82, 2.24) is 10.6 Å². The van der Waals surface area contributed by atoms with Crippen molar-refractivity contribution >= 4 is 39.3 Å². The summed E-state index contributed by atoms with van der Waals surface area (Å²) in [6.07, 6.45) is 0. The number of nitro benzene ring substituents is 1. The van der Waals surface area contributed by atoms with Gasteiger partial charge in [0.25, 0.3) is 5.69 Å². The fourth-order valence-corrected chi connectivity index (χ4v) is 1.76. The quantitative estimate of drug-likeness (QED) is 0.281. The molecule has 0 radical (unpaired) electrons. The van der Waals surface area contributed by atoms with E-state index in [1.54, 1.807) is 26.8 Å². The largest absolute Gasteiger partial charge is 0.333 e. The molecule has 2 amide bonds. The molecule has 0 aliphatic rings. The van der Waals surface area contributed by atoms with Gasteiger partial charge in [0.2, 0.25) is 5.96 Å². The Morgan fingerprint density at radius 3 is 2.52 bits per heavy atom. The fraction of sp³-hybridized carbons (Fsp3) is 0.333. The SMILES string of the molecule is CC(C)(C)NC(=O)NC(=N)Nc1ccc(Br)cc1[N+](=O)[O-]. The van der Waals surface area contributed by atoms with Crippen molar-refractivity contribution in [3.05, 3.63) is 32.8 Å². The second kappa shape index (κ2) is 6.53. The van der Waals surface area contributed by atoms with Crippen molar-refractivity contribution in [2.75, 3.05) is 5.32 Å². The molecule has 0 atom stereocenters. The van der Waals surface area contributed by atoms with Gasteiger partial charge in [0, 0.05) is 16.1 Å². The van der Waals surface area contributed by atoms with E-state index in [0.29, 0.717) is 4.47 Å². The van der Waals surface area contributed by atoms with E-state index < -0.39 is 16.5 Å². The van der Waals surface area contributed by atoms with Crippen molar-refractivity contribution in [1.29, 1.82) is 5.41 Å². The van der Waals surface area contributed by atoms with Gasteiger partial charge in [-0.15, -0.1) is 0 Å². The van der Waals surface area contributed by atoms with Gasteiger partial charge in [-0.2, -0.15) is 0 Å². The number of halogens is 1. The minimum atomic E-state index is -0.574. The zero-order valence-corrected chi connectivity index (χ0v) is 13.4. The Hall–Kier alpha value is -2.16. The third-order valence-electron chi connectivity index (χ3n) is 2.14. The number of nitrogens with zero attached hydrogens (tertiary/aromatic N) is 1. The number of hydrogen-bond acceptors (Lipinski definition) is 4. The molecule has 0 heterocycles. The van der Waals surface area contributed by atoms with Gasteiger partial charge in [-0.1, -0.05) is 15.9 Å². The first-order valence-electron chi connectivity index (χ1n) is 5.97. The Kier molecular flexibility index (Phi) is 5.25. The second-order valence-corrected chi connectivity index (χ2v) is 6.16. The highest BCUT2D eigenvalue weighted by Crippen LogP contribution is 2.27. The third-order valence-corrected chi connectivity index (χ3v) is 2.64. The van der Waals surface area contributed by atoms with Crippen LogP contribution < -0.4 is 16.0 Å². The lowest BCUT2D eigenvalue weighted by Gasteiger charge is -2.21. The molecule has 0 fully saturated rings. The molecule has 1 aromatic rings. The Balaban J connectivity index is 2.76. The number of amides is 2. The Morgan fingerprint density at radius 1 is 1.38 bits per heavy atom. The zero-order chi connectivity index (χ0) is 16.2. The first-order chi connectivity index (χ1) is 9.58. The van der Waals surface area contributed by atoms with E-state index in [2.05, 4.69) is 31.9 Å². The normalized spacial score (nSPS) is 10.7. The second-order valence-electron chi connectivity index (χ2n) is 5.25. The first kappa shape index (κ1) is 16.9. The molecular weight excluding hydrogens is 342 g/mol. The van der Waals surface area contributed by atoms with Crippen LogP contribution in [-0.2, 0) is 0 Å². The summed E-state index contributed by atoms with van der Waals surface area (Å²) in [6.45, 7) is 5.38. The van der Waals surface area contributed by atoms with Crippen LogP contribution in [0.15, 0.2) is 22.7 Å². The molecule has 4 N–H and O–H groups in total. The standard InChI is InChI=1S/C12H16BrN5O3/c1-12(2,3)17-11(19)16-10(14)15-8-5-4-7(13)6-9(8)18(20)21/h4-6H,1-3H3,(H4,14,15,16,17,19). The maximum Gasteiger partial charge on any atom is 0.321 e. The molecule has 8 nitrogen and oxygen atoms in total. The van der Waals surface area contributed by atoms with Crippen LogP contribution in [0.5, 0.6) is 0 Å². The number of anilines is 1. The van der Waals surface area contributed by atoms with Gasteiger partial charge in [-0.25, -0.2) is 4.79 Å². The lowest BCUT2D eigenvalue weighted by Crippen LogP contribution is -2.49. The summed E-state index contributed by atoms with van der Waals surface area (Å²) in [5.74, 6) is -0.359. The van der Waals surface area contributed by atoms with Crippen molar-refractivity contribution in [3.8, 4) is 0 Å². The van der Waals surface area contributed by atoms with Crippen molar-refractivity contribution < 1.29 is 9.72 Å². The molecule has 114 valence electrons. The summed E-state index contributed by atoms with van der Waals surface area (Å²) in [5, 5.41) is 25.9. The van der Waals surface area contributed by atoms with Gasteiger partial charge in [0.1, 0.15) is 5.69 Å². The average molecular weight is 358 g/mol. The number of benzene rings is 1. The van der Waals surface area contributed by atoms with Crippen molar-refractivity contribution in [2.45, 2.75) is 26.3 Å². The number of hydrogen-bond donors (Lipinski definition) is 4. The molecule has 0 saturated heterocycles. The van der Waals surface area contributed by atoms with Gasteiger partial charge in [-0.3, -0.25) is 20.8 Å². The number of carbonyl (C=O) groups is 1. The summed E-state index contributed by atoms with van der Waals surface area (Å²) in [5.41, 5.74) is -0.537. The molecule has 0 bridgehead atoms. The maximum atomic E-state index is 11.6. The van der Waals surface area contributed by atoms with E-state index in [-0.39, 0.29) is 17.3 Å². The van der Waals surface area contributed by atoms with Gasteiger partial charge in [0.05, 0.1) is 4.92 Å². The zero-order valence-electron chi connectivity index (χ0n) is 11.8. The average Bonchev–Trinajstić information content (AvgIpc) is 2.28. The van der Waals surface area contributed by atoms with E-state index in [0.717, 1.165) is 0 Å². The molecule has 0 aliphatic carbocycles. The number of urea groups is 1. The highest BCUT2D eigenvalue weighted by Gasteiger charge is 2.17. The number of guanidine groups is 1. The van der Waals surface area contributed by atoms with Crippen molar-refractivity contribution in [2.24, 2.45) is 0 Å². The van der Waals surface area contributed by atoms with Crippen LogP contribution in [0.1, 0.15) is 20.8 Å². The predicted octanol–water partition coefficient (Wildman–Crippen LogP) is 2.80. The molecule has 9 heteroatoms. The van der Waals surface area contributed by atoms with Crippen LogP contribution in [-0.4, -0.2) is 22.5 Å². The minimum Gasteiger partial charge on any atom is -0.333 e. The summed E-state index contributed by atoms with van der Waals surface area (Å²) < 4.78 is 0.546. The smallest absolute Gasteiger partial charge is 0.321 e. The Bertz CT molecular complexity index is 583. The number of nitro groups is 1. The maximum absolute atomic E-state index is 11.6. The molecule has 0 unspecified atom stereocenters. The van der Waals surface area contributed by atoms with E-state index in [4.69, 9.17) is 5.41 Å². The summed E-state index contributed by atoms with van der Waals surface area (Å²) in [7, 11) is 0. The third kappa shape index (κ3) is 5.78. The van der Waals surface area contributed by atoms with Gasteiger partial charge >= 0.3 is 6.03 Å². The Labute approximate surface area is 130 Å². The van der Waals surface area contributed by atoms with Crippen LogP contribution in [0.4, 0.5) is 16.2 Å². The Morgan fingerprint density at radius 2 is 2.00 bits per heavy atom. The predicted molar refractivity (Wildman–Crippen MR) is 83.6 cm³/mol. The van der Waals surface area contributed by atoms with Crippen molar-refractivity contribution in [3.63, 3.8) is 0 Å². The van der Waals surface area contributed by atoms with E-state index in [9.17, 15) is 14.9 Å². The summed E-state index contributed by atoms with van der Waals surface area (Å²) in [4.78, 5) is 22.0. The van der Waals surface area contributed by atoms with E-state index in [1.807, 2.05) is 0 Å². The molecule has 1 rings (SSSR count). The topological polar surface area (TPSA) is 120 Å². The molecule has 0 saturated carbocycles. The van der Waals surface area contributed by atoms with E-state index in [1.165, 1.54) is 12.1 Å². The number of rotatable bonds is 2. The number of nitrogens with one attached hydrogen (secondary N) is 4. The van der Waals surface area contributed by atoms with Crippen LogP contribution in [0, 0.1) is 15.5 Å². The lowest BCUT2D eigenvalue weighted by atomic mass is 10.1. The first-order valence-corrected chi connectivity index (χ1v) is 6.76. The molecule has 0 aliphatic heterocycles. The molecule has 0 aromatic heterocycles. The highest BCUT2D eigenvalue weighted by atomic mass is 79.9. The van der Waals surface area contributed by atoms with Gasteiger partial charge < -0.3 is 10.6 Å². The summed E-state index contributed by atoms with van der Waals surface area (Å²) >= 11 is 3.14. The summed E-state index contributed by atoms with van der Waals surface area (Å²) in [6, 6.07) is 3.78.